The van der Waals surface area contributed by atoms with Crippen molar-refractivity contribution in [2.24, 2.45) is 11.1 Å². The van der Waals surface area contributed by atoms with Gasteiger partial charge in [-0.05, 0) is 37.8 Å². The average molecular weight is 324 g/mol. The summed E-state index contributed by atoms with van der Waals surface area (Å²) in [6, 6.07) is 5.66. The summed E-state index contributed by atoms with van der Waals surface area (Å²) in [7, 11) is 0. The number of hydrogen-bond acceptors (Lipinski definition) is 5. The minimum atomic E-state index is -0.689. The number of hydrogen-bond donors (Lipinski definition) is 1. The number of nitrogens with one attached hydrogen (secondary N) is 1. The van der Waals surface area contributed by atoms with Crippen LogP contribution in [0, 0.1) is 10.8 Å². The molecule has 0 aliphatic heterocycles. The molecule has 0 radical (unpaired) electrons. The molecule has 0 saturated heterocycles. The predicted molar refractivity (Wildman–Crippen MR) is 91.4 cm³/mol. The minimum absolute atomic E-state index is 0.0396. The lowest BCUT2D eigenvalue weighted by atomic mass is 9.80. The highest BCUT2D eigenvalue weighted by atomic mass is 16.3. The van der Waals surface area contributed by atoms with Crippen LogP contribution in [0.25, 0.3) is 10.9 Å². The van der Waals surface area contributed by atoms with Gasteiger partial charge in [-0.25, -0.2) is 9.97 Å². The van der Waals surface area contributed by atoms with E-state index in [-0.39, 0.29) is 11.8 Å². The molecule has 2 heterocycles. The van der Waals surface area contributed by atoms with E-state index in [1.807, 2.05) is 18.2 Å². The van der Waals surface area contributed by atoms with Crippen LogP contribution in [-0.4, -0.2) is 15.9 Å². The number of nitroso groups, excluding NO2 is 1. The van der Waals surface area contributed by atoms with E-state index in [1.54, 1.807) is 6.20 Å². The Morgan fingerprint density at radius 1 is 1.21 bits per heavy atom. The molecule has 6 nitrogen and oxygen atoms in total. The Balaban J connectivity index is 1.63. The van der Waals surface area contributed by atoms with Gasteiger partial charge in [-0.15, -0.1) is 4.91 Å². The summed E-state index contributed by atoms with van der Waals surface area (Å²) in [5.41, 5.74) is 0.775. The third kappa shape index (κ3) is 2.77. The quantitative estimate of drug-likeness (QED) is 0.864. The molecule has 0 aromatic carbocycles. The fraction of sp³-hybridized carbons (Fsp3) is 0.500. The van der Waals surface area contributed by atoms with Gasteiger partial charge in [-0.3, -0.25) is 4.79 Å². The maximum atomic E-state index is 11.8. The topological polar surface area (TPSA) is 84.3 Å². The molecule has 2 aliphatic carbocycles. The van der Waals surface area contributed by atoms with Gasteiger partial charge >= 0.3 is 0 Å². The van der Waals surface area contributed by atoms with Crippen LogP contribution >= 0.6 is 0 Å². The summed E-state index contributed by atoms with van der Waals surface area (Å²) in [5, 5.41) is 7.20. The molecular formula is C18H20N4O2. The number of fused-ring (bicyclic) bond motifs is 1. The first-order valence-corrected chi connectivity index (χ1v) is 8.63. The first-order valence-electron chi connectivity index (χ1n) is 8.63. The number of carbonyl (C=O) groups excluding carboxylic acids is 1. The third-order valence-corrected chi connectivity index (χ3v) is 5.11. The van der Waals surface area contributed by atoms with E-state index >= 15 is 0 Å². The maximum absolute atomic E-state index is 11.8. The van der Waals surface area contributed by atoms with Crippen molar-refractivity contribution in [2.45, 2.75) is 50.5 Å². The number of nitrogens with zero attached hydrogens (tertiary/aromatic N) is 3. The molecule has 6 heteroatoms. The van der Waals surface area contributed by atoms with Crippen LogP contribution in [0.5, 0.6) is 0 Å². The van der Waals surface area contributed by atoms with Crippen molar-refractivity contribution < 1.29 is 4.79 Å². The van der Waals surface area contributed by atoms with Gasteiger partial charge in [0.1, 0.15) is 11.4 Å². The number of rotatable bonds is 4. The average Bonchev–Trinajstić information content (AvgIpc) is 3.47. The van der Waals surface area contributed by atoms with E-state index in [2.05, 4.69) is 20.5 Å². The van der Waals surface area contributed by atoms with Crippen LogP contribution in [0.2, 0.25) is 0 Å². The number of aromatic nitrogens is 2. The number of anilines is 1. The van der Waals surface area contributed by atoms with Gasteiger partial charge < -0.3 is 5.32 Å². The molecule has 0 bridgehead atoms. The van der Waals surface area contributed by atoms with Crippen molar-refractivity contribution in [3.63, 3.8) is 0 Å². The van der Waals surface area contributed by atoms with Gasteiger partial charge in [0.15, 0.2) is 0 Å². The van der Waals surface area contributed by atoms with E-state index in [1.165, 1.54) is 0 Å². The zero-order valence-corrected chi connectivity index (χ0v) is 13.5. The van der Waals surface area contributed by atoms with Crippen LogP contribution in [0.15, 0.2) is 29.6 Å². The van der Waals surface area contributed by atoms with Crippen LogP contribution in [-0.2, 0) is 10.3 Å². The summed E-state index contributed by atoms with van der Waals surface area (Å²) in [6.07, 6.45) is 8.27. The molecule has 2 aromatic heterocycles. The molecule has 2 saturated carbocycles. The summed E-state index contributed by atoms with van der Waals surface area (Å²) in [6.45, 7) is 0. The molecule has 0 atom stereocenters. The summed E-state index contributed by atoms with van der Waals surface area (Å²) in [4.78, 5) is 32.3. The number of amides is 1. The lowest BCUT2D eigenvalue weighted by Gasteiger charge is -2.29. The standard InChI is InChI=1S/C18H20N4O2/c23-17(12-4-5-12)21-16-10-13-6-7-15(20-14(13)11-19-16)18(22-24)8-2-1-3-9-18/h6-7,10-12H,1-5,8-9H2,(H,19,21,23). The summed E-state index contributed by atoms with van der Waals surface area (Å²) in [5.74, 6) is 0.736. The van der Waals surface area contributed by atoms with Crippen LogP contribution in [0.1, 0.15) is 50.6 Å². The number of pyridine rings is 2. The summed E-state index contributed by atoms with van der Waals surface area (Å²) < 4.78 is 0. The fourth-order valence-corrected chi connectivity index (χ4v) is 3.46. The highest BCUT2D eigenvalue weighted by Gasteiger charge is 2.37. The second kappa shape index (κ2) is 5.92. The first-order chi connectivity index (χ1) is 11.7. The molecule has 1 N–H and O–H groups in total. The molecule has 1 amide bonds. The molecule has 0 unspecified atom stereocenters. The van der Waals surface area contributed by atoms with Crippen LogP contribution in [0.4, 0.5) is 5.82 Å². The van der Waals surface area contributed by atoms with Gasteiger partial charge in [0, 0.05) is 11.3 Å². The highest BCUT2D eigenvalue weighted by molar-refractivity contribution is 5.94. The lowest BCUT2D eigenvalue weighted by molar-refractivity contribution is -0.117. The SMILES string of the molecule is O=NC1(c2ccc3cc(NC(=O)C4CC4)ncc3n2)CCCCC1. The van der Waals surface area contributed by atoms with Crippen LogP contribution in [0.3, 0.4) is 0 Å². The van der Waals surface area contributed by atoms with Crippen molar-refractivity contribution in [2.75, 3.05) is 5.32 Å². The van der Waals surface area contributed by atoms with Crippen molar-refractivity contribution in [1.82, 2.24) is 9.97 Å². The maximum Gasteiger partial charge on any atom is 0.228 e. The van der Waals surface area contributed by atoms with E-state index < -0.39 is 5.54 Å². The van der Waals surface area contributed by atoms with Crippen molar-refractivity contribution in [3.05, 3.63) is 35.0 Å². The Hall–Kier alpha value is -2.37. The molecule has 2 aliphatic rings. The monoisotopic (exact) mass is 324 g/mol. The molecule has 2 fully saturated rings. The van der Waals surface area contributed by atoms with E-state index in [4.69, 9.17) is 0 Å². The Morgan fingerprint density at radius 3 is 2.71 bits per heavy atom. The van der Waals surface area contributed by atoms with Crippen LogP contribution < -0.4 is 5.32 Å². The normalized spacial score (nSPS) is 19.8. The van der Waals surface area contributed by atoms with Gasteiger partial charge in [0.05, 0.1) is 17.4 Å². The fourth-order valence-electron chi connectivity index (χ4n) is 3.46. The van der Waals surface area contributed by atoms with Gasteiger partial charge in [0.2, 0.25) is 5.91 Å². The minimum Gasteiger partial charge on any atom is -0.310 e. The first kappa shape index (κ1) is 15.2. The molecule has 124 valence electrons. The van der Waals surface area contributed by atoms with Crippen molar-refractivity contribution in [1.29, 1.82) is 0 Å². The van der Waals surface area contributed by atoms with Gasteiger partial charge in [0.25, 0.3) is 0 Å². The molecule has 2 aromatic rings. The Morgan fingerprint density at radius 2 is 2.00 bits per heavy atom. The van der Waals surface area contributed by atoms with E-state index in [0.717, 1.165) is 61.5 Å². The largest absolute Gasteiger partial charge is 0.310 e. The molecule has 4 rings (SSSR count). The highest BCUT2D eigenvalue weighted by Crippen LogP contribution is 2.40. The third-order valence-electron chi connectivity index (χ3n) is 5.11. The molecule has 0 spiro atoms. The van der Waals surface area contributed by atoms with Crippen molar-refractivity contribution in [3.8, 4) is 0 Å². The lowest BCUT2D eigenvalue weighted by Crippen LogP contribution is -2.27. The predicted octanol–water partition coefficient (Wildman–Crippen LogP) is 3.90. The molecular weight excluding hydrogens is 304 g/mol. The Kier molecular flexibility index (Phi) is 3.75. The summed E-state index contributed by atoms with van der Waals surface area (Å²) >= 11 is 0. The van der Waals surface area contributed by atoms with Gasteiger partial charge in [-0.1, -0.05) is 30.5 Å². The van der Waals surface area contributed by atoms with Gasteiger partial charge in [-0.2, -0.15) is 0 Å². The second-order valence-electron chi connectivity index (χ2n) is 6.91. The zero-order valence-electron chi connectivity index (χ0n) is 13.5. The smallest absolute Gasteiger partial charge is 0.228 e. The Bertz CT molecular complexity index is 795. The second-order valence-corrected chi connectivity index (χ2v) is 6.91. The number of carbonyl (C=O) groups is 1. The van der Waals surface area contributed by atoms with Crippen molar-refractivity contribution >= 4 is 22.6 Å². The molecule has 24 heavy (non-hydrogen) atoms. The van der Waals surface area contributed by atoms with E-state index in [9.17, 15) is 9.70 Å². The zero-order chi connectivity index (χ0) is 16.6. The Labute approximate surface area is 140 Å². The van der Waals surface area contributed by atoms with E-state index in [0.29, 0.717) is 5.82 Å².